The highest BCUT2D eigenvalue weighted by Gasteiger charge is 2.36. The van der Waals surface area contributed by atoms with Crippen LogP contribution in [0.4, 0.5) is 0 Å². The Hall–Kier alpha value is -1.85. The van der Waals surface area contributed by atoms with Crippen LogP contribution in [0.5, 0.6) is 0 Å². The molecule has 1 aromatic rings. The number of carbonyl (C=O) groups is 2. The second-order valence-electron chi connectivity index (χ2n) is 6.84. The molecular formula is C17H26N4O2. The van der Waals surface area contributed by atoms with Crippen molar-refractivity contribution in [3.63, 3.8) is 0 Å². The lowest BCUT2D eigenvalue weighted by Crippen LogP contribution is -2.43. The summed E-state index contributed by atoms with van der Waals surface area (Å²) in [6.07, 6.45) is 6.38. The topological polar surface area (TPSA) is 58.4 Å². The summed E-state index contributed by atoms with van der Waals surface area (Å²) in [4.78, 5) is 28.2. The Kier molecular flexibility index (Phi) is 4.68. The summed E-state index contributed by atoms with van der Waals surface area (Å²) >= 11 is 0. The molecule has 2 aliphatic rings. The maximum Gasteiger partial charge on any atom is 0.227 e. The Labute approximate surface area is 137 Å². The van der Waals surface area contributed by atoms with Gasteiger partial charge in [0.05, 0.1) is 12.1 Å². The van der Waals surface area contributed by atoms with Gasteiger partial charge in [-0.3, -0.25) is 14.3 Å². The summed E-state index contributed by atoms with van der Waals surface area (Å²) in [6.45, 7) is 7.86. The third-order valence-corrected chi connectivity index (χ3v) is 5.08. The molecule has 1 atom stereocenters. The smallest absolute Gasteiger partial charge is 0.227 e. The Balaban J connectivity index is 1.49. The van der Waals surface area contributed by atoms with Crippen molar-refractivity contribution in [3.8, 4) is 0 Å². The first-order valence-corrected chi connectivity index (χ1v) is 8.62. The molecule has 0 spiro atoms. The van der Waals surface area contributed by atoms with Gasteiger partial charge in [-0.05, 0) is 38.2 Å². The standard InChI is InChI=1S/C17H26N4O2/c1-3-19-12-15(8-16(19)22)17(23)20-6-4-14(5-7-20)11-21-10-13(2)9-18-21/h9-10,14-15H,3-8,11-12H2,1-2H3. The first-order chi connectivity index (χ1) is 11.1. The Bertz CT molecular complexity index is 575. The van der Waals surface area contributed by atoms with E-state index in [1.54, 1.807) is 4.90 Å². The van der Waals surface area contributed by atoms with E-state index in [-0.39, 0.29) is 17.7 Å². The van der Waals surface area contributed by atoms with Crippen molar-refractivity contribution in [1.29, 1.82) is 0 Å². The molecule has 3 heterocycles. The molecule has 23 heavy (non-hydrogen) atoms. The minimum absolute atomic E-state index is 0.120. The van der Waals surface area contributed by atoms with Gasteiger partial charge in [0.2, 0.25) is 11.8 Å². The molecule has 6 heteroatoms. The van der Waals surface area contributed by atoms with Gasteiger partial charge in [0.1, 0.15) is 0 Å². The second kappa shape index (κ2) is 6.72. The number of aryl methyl sites for hydroxylation is 1. The molecule has 0 bridgehead atoms. The van der Waals surface area contributed by atoms with Crippen LogP contribution in [-0.2, 0) is 16.1 Å². The van der Waals surface area contributed by atoms with Crippen LogP contribution in [0, 0.1) is 18.8 Å². The van der Waals surface area contributed by atoms with E-state index in [0.29, 0.717) is 25.4 Å². The van der Waals surface area contributed by atoms with Crippen molar-refractivity contribution in [2.45, 2.75) is 39.7 Å². The highest BCUT2D eigenvalue weighted by atomic mass is 16.2. The van der Waals surface area contributed by atoms with E-state index in [1.807, 2.05) is 29.6 Å². The van der Waals surface area contributed by atoms with Crippen LogP contribution in [0.2, 0.25) is 0 Å². The van der Waals surface area contributed by atoms with Crippen LogP contribution in [0.3, 0.4) is 0 Å². The molecule has 3 rings (SSSR count). The van der Waals surface area contributed by atoms with Crippen LogP contribution < -0.4 is 0 Å². The number of piperidine rings is 1. The van der Waals surface area contributed by atoms with Crippen LogP contribution >= 0.6 is 0 Å². The lowest BCUT2D eigenvalue weighted by atomic mass is 9.95. The van der Waals surface area contributed by atoms with E-state index in [1.165, 1.54) is 5.56 Å². The van der Waals surface area contributed by atoms with Crippen molar-refractivity contribution < 1.29 is 9.59 Å². The lowest BCUT2D eigenvalue weighted by Gasteiger charge is -2.33. The van der Waals surface area contributed by atoms with Gasteiger partial charge in [-0.25, -0.2) is 0 Å². The van der Waals surface area contributed by atoms with Crippen molar-refractivity contribution in [1.82, 2.24) is 19.6 Å². The van der Waals surface area contributed by atoms with Crippen molar-refractivity contribution in [2.75, 3.05) is 26.2 Å². The molecule has 0 saturated carbocycles. The highest BCUT2D eigenvalue weighted by molar-refractivity contribution is 5.89. The molecule has 1 unspecified atom stereocenters. The molecule has 0 radical (unpaired) electrons. The molecule has 2 amide bonds. The number of amides is 2. The third-order valence-electron chi connectivity index (χ3n) is 5.08. The number of likely N-dealkylation sites (tertiary alicyclic amines) is 2. The van der Waals surface area contributed by atoms with Crippen molar-refractivity contribution in [2.24, 2.45) is 11.8 Å². The number of rotatable bonds is 4. The third kappa shape index (κ3) is 3.57. The number of hydrogen-bond acceptors (Lipinski definition) is 3. The fraction of sp³-hybridized carbons (Fsp3) is 0.706. The van der Waals surface area contributed by atoms with Gasteiger partial charge in [-0.1, -0.05) is 0 Å². The van der Waals surface area contributed by atoms with E-state index in [9.17, 15) is 9.59 Å². The first kappa shape index (κ1) is 16.0. The molecule has 6 nitrogen and oxygen atoms in total. The van der Waals surface area contributed by atoms with E-state index in [4.69, 9.17) is 0 Å². The zero-order valence-electron chi connectivity index (χ0n) is 14.1. The summed E-state index contributed by atoms with van der Waals surface area (Å²) in [5.74, 6) is 0.737. The second-order valence-corrected chi connectivity index (χ2v) is 6.84. The monoisotopic (exact) mass is 318 g/mol. The van der Waals surface area contributed by atoms with Crippen molar-refractivity contribution in [3.05, 3.63) is 18.0 Å². The van der Waals surface area contributed by atoms with Gasteiger partial charge in [-0.15, -0.1) is 0 Å². The van der Waals surface area contributed by atoms with Crippen LogP contribution in [0.1, 0.15) is 31.7 Å². The van der Waals surface area contributed by atoms with Crippen molar-refractivity contribution >= 4 is 11.8 Å². The maximum atomic E-state index is 12.6. The van der Waals surface area contributed by atoms with Crippen LogP contribution in [-0.4, -0.2) is 57.6 Å². The summed E-state index contributed by atoms with van der Waals surface area (Å²) in [7, 11) is 0. The fourth-order valence-electron chi connectivity index (χ4n) is 3.67. The summed E-state index contributed by atoms with van der Waals surface area (Å²) in [5.41, 5.74) is 1.18. The Morgan fingerprint density at radius 1 is 1.35 bits per heavy atom. The lowest BCUT2D eigenvalue weighted by molar-refractivity contribution is -0.137. The summed E-state index contributed by atoms with van der Waals surface area (Å²) < 4.78 is 2.01. The maximum absolute atomic E-state index is 12.6. The van der Waals surface area contributed by atoms with E-state index in [0.717, 1.165) is 32.5 Å². The van der Waals surface area contributed by atoms with Crippen LogP contribution in [0.15, 0.2) is 12.4 Å². The van der Waals surface area contributed by atoms with E-state index in [2.05, 4.69) is 11.3 Å². The highest BCUT2D eigenvalue weighted by Crippen LogP contribution is 2.24. The predicted octanol–water partition coefficient (Wildman–Crippen LogP) is 1.30. The largest absolute Gasteiger partial charge is 0.342 e. The number of nitrogens with zero attached hydrogens (tertiary/aromatic N) is 4. The number of carbonyl (C=O) groups excluding carboxylic acids is 2. The number of hydrogen-bond donors (Lipinski definition) is 0. The van der Waals surface area contributed by atoms with Gasteiger partial charge in [0.15, 0.2) is 0 Å². The minimum atomic E-state index is -0.132. The fourth-order valence-corrected chi connectivity index (χ4v) is 3.67. The number of aromatic nitrogens is 2. The van der Waals surface area contributed by atoms with E-state index < -0.39 is 0 Å². The van der Waals surface area contributed by atoms with Gasteiger partial charge in [0, 0.05) is 45.3 Å². The predicted molar refractivity (Wildman–Crippen MR) is 86.6 cm³/mol. The zero-order chi connectivity index (χ0) is 16.4. The zero-order valence-corrected chi connectivity index (χ0v) is 14.1. The van der Waals surface area contributed by atoms with Gasteiger partial charge in [0.25, 0.3) is 0 Å². The van der Waals surface area contributed by atoms with Gasteiger partial charge >= 0.3 is 0 Å². The summed E-state index contributed by atoms with van der Waals surface area (Å²) in [5, 5.41) is 4.35. The molecule has 2 aliphatic heterocycles. The molecule has 0 N–H and O–H groups in total. The Morgan fingerprint density at radius 3 is 2.65 bits per heavy atom. The van der Waals surface area contributed by atoms with E-state index >= 15 is 0 Å². The van der Waals surface area contributed by atoms with Crippen LogP contribution in [0.25, 0.3) is 0 Å². The molecule has 126 valence electrons. The normalized spacial score (nSPS) is 22.9. The molecule has 2 fully saturated rings. The molecule has 0 aliphatic carbocycles. The summed E-state index contributed by atoms with van der Waals surface area (Å²) in [6, 6.07) is 0. The average Bonchev–Trinajstić information content (AvgIpc) is 3.13. The average molecular weight is 318 g/mol. The first-order valence-electron chi connectivity index (χ1n) is 8.62. The quantitative estimate of drug-likeness (QED) is 0.841. The molecule has 0 aromatic carbocycles. The SMILES string of the molecule is CCN1CC(C(=O)N2CCC(Cn3cc(C)cn3)CC2)CC1=O. The van der Waals surface area contributed by atoms with Gasteiger partial charge in [-0.2, -0.15) is 5.10 Å². The minimum Gasteiger partial charge on any atom is -0.342 e. The molecule has 2 saturated heterocycles. The molecular weight excluding hydrogens is 292 g/mol. The Morgan fingerprint density at radius 2 is 2.09 bits per heavy atom. The molecule has 1 aromatic heterocycles. The van der Waals surface area contributed by atoms with Gasteiger partial charge < -0.3 is 9.80 Å².